The summed E-state index contributed by atoms with van der Waals surface area (Å²) in [7, 11) is 0. The van der Waals surface area contributed by atoms with Crippen LogP contribution in [0.25, 0.3) is 0 Å². The van der Waals surface area contributed by atoms with Gasteiger partial charge in [0, 0.05) is 18.8 Å². The second-order valence-corrected chi connectivity index (χ2v) is 4.32. The SMILES string of the molecule is CC1CCCCN1C(=O)c1ccc(N)nc1. The number of pyridine rings is 1. The van der Waals surface area contributed by atoms with E-state index in [1.54, 1.807) is 18.3 Å². The van der Waals surface area contributed by atoms with Gasteiger partial charge in [-0.1, -0.05) is 0 Å². The molecule has 1 aromatic heterocycles. The smallest absolute Gasteiger partial charge is 0.255 e. The zero-order valence-corrected chi connectivity index (χ0v) is 9.52. The van der Waals surface area contributed by atoms with Gasteiger partial charge in [0.15, 0.2) is 0 Å². The second kappa shape index (κ2) is 4.51. The molecule has 1 atom stereocenters. The molecule has 1 unspecified atom stereocenters. The largest absolute Gasteiger partial charge is 0.384 e. The zero-order valence-electron chi connectivity index (χ0n) is 9.52. The molecular weight excluding hydrogens is 202 g/mol. The Morgan fingerprint density at radius 1 is 1.50 bits per heavy atom. The van der Waals surface area contributed by atoms with Crippen molar-refractivity contribution in [1.29, 1.82) is 0 Å². The fraction of sp³-hybridized carbons (Fsp3) is 0.500. The highest BCUT2D eigenvalue weighted by molar-refractivity contribution is 5.94. The van der Waals surface area contributed by atoms with E-state index in [4.69, 9.17) is 5.73 Å². The van der Waals surface area contributed by atoms with Crippen LogP contribution in [0.15, 0.2) is 18.3 Å². The molecule has 2 rings (SSSR count). The summed E-state index contributed by atoms with van der Waals surface area (Å²) in [5, 5.41) is 0. The fourth-order valence-electron chi connectivity index (χ4n) is 2.10. The van der Waals surface area contributed by atoms with Gasteiger partial charge in [-0.15, -0.1) is 0 Å². The highest BCUT2D eigenvalue weighted by Crippen LogP contribution is 2.19. The Morgan fingerprint density at radius 3 is 2.94 bits per heavy atom. The molecule has 0 aliphatic carbocycles. The van der Waals surface area contributed by atoms with E-state index in [-0.39, 0.29) is 5.91 Å². The van der Waals surface area contributed by atoms with Crippen molar-refractivity contribution in [3.8, 4) is 0 Å². The molecule has 0 spiro atoms. The van der Waals surface area contributed by atoms with Crippen LogP contribution in [0.3, 0.4) is 0 Å². The van der Waals surface area contributed by atoms with E-state index in [0.717, 1.165) is 19.4 Å². The summed E-state index contributed by atoms with van der Waals surface area (Å²) in [4.78, 5) is 18.0. The Bertz CT molecular complexity index is 374. The molecule has 16 heavy (non-hydrogen) atoms. The van der Waals surface area contributed by atoms with Gasteiger partial charge in [-0.2, -0.15) is 0 Å². The van der Waals surface area contributed by atoms with E-state index >= 15 is 0 Å². The van der Waals surface area contributed by atoms with E-state index in [2.05, 4.69) is 11.9 Å². The quantitative estimate of drug-likeness (QED) is 0.781. The van der Waals surface area contributed by atoms with Gasteiger partial charge < -0.3 is 10.6 Å². The number of piperidine rings is 1. The van der Waals surface area contributed by atoms with Gasteiger partial charge in [0.25, 0.3) is 5.91 Å². The molecule has 1 saturated heterocycles. The average molecular weight is 219 g/mol. The maximum absolute atomic E-state index is 12.2. The highest BCUT2D eigenvalue weighted by atomic mass is 16.2. The number of anilines is 1. The van der Waals surface area contributed by atoms with Crippen molar-refractivity contribution < 1.29 is 4.79 Å². The Labute approximate surface area is 95.5 Å². The lowest BCUT2D eigenvalue weighted by atomic mass is 10.0. The number of aromatic nitrogens is 1. The van der Waals surface area contributed by atoms with Crippen LogP contribution in [-0.2, 0) is 0 Å². The lowest BCUT2D eigenvalue weighted by Gasteiger charge is -2.33. The molecule has 1 aromatic rings. The van der Waals surface area contributed by atoms with Crippen molar-refractivity contribution in [2.75, 3.05) is 12.3 Å². The Balaban J connectivity index is 2.14. The maximum Gasteiger partial charge on any atom is 0.255 e. The molecule has 1 aliphatic rings. The number of carbonyl (C=O) groups is 1. The minimum absolute atomic E-state index is 0.0692. The Kier molecular flexibility index (Phi) is 3.08. The molecule has 1 fully saturated rings. The molecule has 0 bridgehead atoms. The standard InChI is InChI=1S/C12H17N3O/c1-9-4-2-3-7-15(9)12(16)10-5-6-11(13)14-8-10/h5-6,8-9H,2-4,7H2,1H3,(H2,13,14). The van der Waals surface area contributed by atoms with E-state index in [0.29, 0.717) is 17.4 Å². The van der Waals surface area contributed by atoms with Gasteiger partial charge in [0.1, 0.15) is 5.82 Å². The lowest BCUT2D eigenvalue weighted by Crippen LogP contribution is -2.42. The predicted molar refractivity (Wildman–Crippen MR) is 63.0 cm³/mol. The fourth-order valence-corrected chi connectivity index (χ4v) is 2.10. The number of nitrogen functional groups attached to an aromatic ring is 1. The van der Waals surface area contributed by atoms with Crippen LogP contribution in [0.5, 0.6) is 0 Å². The number of hydrogen-bond acceptors (Lipinski definition) is 3. The third kappa shape index (κ3) is 2.15. The first-order chi connectivity index (χ1) is 7.68. The van der Waals surface area contributed by atoms with Gasteiger partial charge in [-0.25, -0.2) is 4.98 Å². The topological polar surface area (TPSA) is 59.2 Å². The van der Waals surface area contributed by atoms with Crippen molar-refractivity contribution in [1.82, 2.24) is 9.88 Å². The zero-order chi connectivity index (χ0) is 11.5. The number of rotatable bonds is 1. The highest BCUT2D eigenvalue weighted by Gasteiger charge is 2.24. The monoisotopic (exact) mass is 219 g/mol. The third-order valence-corrected chi connectivity index (χ3v) is 3.10. The minimum atomic E-state index is 0.0692. The predicted octanol–water partition coefficient (Wildman–Crippen LogP) is 1.68. The molecule has 4 heteroatoms. The van der Waals surface area contributed by atoms with Gasteiger partial charge in [-0.3, -0.25) is 4.79 Å². The van der Waals surface area contributed by atoms with Crippen LogP contribution in [0.2, 0.25) is 0 Å². The van der Waals surface area contributed by atoms with Crippen LogP contribution in [0.4, 0.5) is 5.82 Å². The number of amides is 1. The van der Waals surface area contributed by atoms with Crippen molar-refractivity contribution in [3.05, 3.63) is 23.9 Å². The van der Waals surface area contributed by atoms with Crippen LogP contribution < -0.4 is 5.73 Å². The van der Waals surface area contributed by atoms with Crippen molar-refractivity contribution in [2.45, 2.75) is 32.2 Å². The van der Waals surface area contributed by atoms with Crippen LogP contribution in [0, 0.1) is 0 Å². The molecule has 0 radical (unpaired) electrons. The minimum Gasteiger partial charge on any atom is -0.384 e. The summed E-state index contributed by atoms with van der Waals surface area (Å²) in [5.74, 6) is 0.517. The molecule has 0 saturated carbocycles. The molecule has 1 amide bonds. The molecule has 2 heterocycles. The van der Waals surface area contributed by atoms with Crippen LogP contribution >= 0.6 is 0 Å². The molecular formula is C12H17N3O. The lowest BCUT2D eigenvalue weighted by molar-refractivity contribution is 0.0635. The summed E-state index contributed by atoms with van der Waals surface area (Å²) in [6.07, 6.45) is 4.95. The van der Waals surface area contributed by atoms with E-state index < -0.39 is 0 Å². The van der Waals surface area contributed by atoms with Crippen LogP contribution in [0.1, 0.15) is 36.5 Å². The second-order valence-electron chi connectivity index (χ2n) is 4.32. The first-order valence-electron chi connectivity index (χ1n) is 5.71. The molecule has 86 valence electrons. The van der Waals surface area contributed by atoms with E-state index in [9.17, 15) is 4.79 Å². The molecule has 0 aromatic carbocycles. The first kappa shape index (κ1) is 10.9. The number of nitrogens with two attached hydrogens (primary N) is 1. The summed E-state index contributed by atoms with van der Waals surface area (Å²) in [5.41, 5.74) is 6.12. The summed E-state index contributed by atoms with van der Waals surface area (Å²) >= 11 is 0. The molecule has 1 aliphatic heterocycles. The van der Waals surface area contributed by atoms with E-state index in [1.165, 1.54) is 6.42 Å². The third-order valence-electron chi connectivity index (χ3n) is 3.10. The maximum atomic E-state index is 12.2. The molecule has 2 N–H and O–H groups in total. The number of hydrogen-bond donors (Lipinski definition) is 1. The van der Waals surface area contributed by atoms with Gasteiger partial charge in [-0.05, 0) is 38.3 Å². The van der Waals surface area contributed by atoms with Crippen molar-refractivity contribution >= 4 is 11.7 Å². The van der Waals surface area contributed by atoms with Gasteiger partial charge in [0.2, 0.25) is 0 Å². The number of nitrogens with zero attached hydrogens (tertiary/aromatic N) is 2. The van der Waals surface area contributed by atoms with Crippen molar-refractivity contribution in [2.24, 2.45) is 0 Å². The van der Waals surface area contributed by atoms with Crippen LogP contribution in [-0.4, -0.2) is 28.4 Å². The summed E-state index contributed by atoms with van der Waals surface area (Å²) < 4.78 is 0. The van der Waals surface area contributed by atoms with Gasteiger partial charge in [0.05, 0.1) is 5.56 Å². The van der Waals surface area contributed by atoms with Gasteiger partial charge >= 0.3 is 0 Å². The number of likely N-dealkylation sites (tertiary alicyclic amines) is 1. The Morgan fingerprint density at radius 2 is 2.31 bits per heavy atom. The van der Waals surface area contributed by atoms with E-state index in [1.807, 2.05) is 4.90 Å². The molecule has 4 nitrogen and oxygen atoms in total. The average Bonchev–Trinajstić information content (AvgIpc) is 2.30. The first-order valence-corrected chi connectivity index (χ1v) is 5.71. The number of carbonyl (C=O) groups excluding carboxylic acids is 1. The Hall–Kier alpha value is -1.58. The normalized spacial score (nSPS) is 20.8. The summed E-state index contributed by atoms with van der Waals surface area (Å²) in [6, 6.07) is 3.74. The summed E-state index contributed by atoms with van der Waals surface area (Å²) in [6.45, 7) is 2.95. The van der Waals surface area contributed by atoms with Crippen molar-refractivity contribution in [3.63, 3.8) is 0 Å².